The molecule has 1 N–H and O–H groups in total. The number of hydrogen-bond acceptors (Lipinski definition) is 3. The van der Waals surface area contributed by atoms with Gasteiger partial charge in [0, 0.05) is 18.2 Å². The molecule has 17 heavy (non-hydrogen) atoms. The van der Waals surface area contributed by atoms with Gasteiger partial charge in [-0.25, -0.2) is 0 Å². The largest absolute Gasteiger partial charge is 0.496 e. The highest BCUT2D eigenvalue weighted by Gasteiger charge is 2.43. The third-order valence-electron chi connectivity index (χ3n) is 3.74. The van der Waals surface area contributed by atoms with Crippen molar-refractivity contribution < 1.29 is 9.47 Å². The molecule has 92 valence electrons. The van der Waals surface area contributed by atoms with Gasteiger partial charge in [0.25, 0.3) is 0 Å². The number of para-hydroxylation sites is 1. The van der Waals surface area contributed by atoms with Crippen LogP contribution in [-0.2, 0) is 10.2 Å². The van der Waals surface area contributed by atoms with Gasteiger partial charge in [0.15, 0.2) is 0 Å². The minimum Gasteiger partial charge on any atom is -0.496 e. The summed E-state index contributed by atoms with van der Waals surface area (Å²) in [5.41, 5.74) is 1.40. The molecule has 0 aromatic heterocycles. The summed E-state index contributed by atoms with van der Waals surface area (Å²) in [6.07, 6.45) is 2.64. The fourth-order valence-corrected chi connectivity index (χ4v) is 2.41. The van der Waals surface area contributed by atoms with Crippen molar-refractivity contribution in [3.05, 3.63) is 29.8 Å². The predicted molar refractivity (Wildman–Crippen MR) is 66.5 cm³/mol. The van der Waals surface area contributed by atoms with E-state index < -0.39 is 0 Å². The van der Waals surface area contributed by atoms with E-state index in [4.69, 9.17) is 9.47 Å². The van der Waals surface area contributed by atoms with E-state index in [-0.39, 0.29) is 5.41 Å². The second-order valence-corrected chi connectivity index (χ2v) is 5.13. The number of methoxy groups -OCH3 is 1. The van der Waals surface area contributed by atoms with Crippen LogP contribution in [-0.4, -0.2) is 32.9 Å². The lowest BCUT2D eigenvalue weighted by molar-refractivity contribution is -0.0600. The average Bonchev–Trinajstić information content (AvgIpc) is 3.12. The zero-order valence-corrected chi connectivity index (χ0v) is 10.2. The molecule has 0 bridgehead atoms. The first-order valence-corrected chi connectivity index (χ1v) is 6.29. The van der Waals surface area contributed by atoms with Crippen molar-refractivity contribution in [1.29, 1.82) is 0 Å². The summed E-state index contributed by atoms with van der Waals surface area (Å²) in [6.45, 7) is 2.60. The van der Waals surface area contributed by atoms with Crippen LogP contribution in [0.4, 0.5) is 0 Å². The third kappa shape index (κ3) is 2.05. The van der Waals surface area contributed by atoms with Crippen LogP contribution < -0.4 is 10.1 Å². The molecule has 3 rings (SSSR count). The molecule has 3 heteroatoms. The molecule has 1 aliphatic heterocycles. The first kappa shape index (κ1) is 11.1. The zero-order valence-electron chi connectivity index (χ0n) is 10.2. The molecular weight excluding hydrogens is 214 g/mol. The highest BCUT2D eigenvalue weighted by atomic mass is 16.5. The maximum absolute atomic E-state index is 5.47. The fourth-order valence-electron chi connectivity index (χ4n) is 2.41. The minimum absolute atomic E-state index is 0.120. The highest BCUT2D eigenvalue weighted by molar-refractivity contribution is 5.41. The Hall–Kier alpha value is -1.06. The molecule has 0 radical (unpaired) electrons. The van der Waals surface area contributed by atoms with Crippen LogP contribution in [0.15, 0.2) is 24.3 Å². The number of rotatable bonds is 5. The van der Waals surface area contributed by atoms with Gasteiger partial charge in [0.2, 0.25) is 0 Å². The summed E-state index contributed by atoms with van der Waals surface area (Å²) in [5.74, 6) is 0.980. The van der Waals surface area contributed by atoms with Gasteiger partial charge in [-0.15, -0.1) is 0 Å². The van der Waals surface area contributed by atoms with Gasteiger partial charge in [-0.1, -0.05) is 18.2 Å². The Morgan fingerprint density at radius 2 is 2.12 bits per heavy atom. The maximum atomic E-state index is 5.47. The topological polar surface area (TPSA) is 30.5 Å². The molecule has 2 fully saturated rings. The molecule has 1 saturated heterocycles. The molecule has 2 aliphatic rings. The first-order valence-electron chi connectivity index (χ1n) is 6.29. The van der Waals surface area contributed by atoms with Crippen molar-refractivity contribution in [3.63, 3.8) is 0 Å². The van der Waals surface area contributed by atoms with Gasteiger partial charge in [-0.05, 0) is 18.9 Å². The standard InChI is InChI=1S/C14H19NO2/c1-16-13-5-3-2-4-12(13)14(9-17-10-14)8-15-11-6-7-11/h2-5,11,15H,6-10H2,1H3. The van der Waals surface area contributed by atoms with Crippen LogP contribution in [0.25, 0.3) is 0 Å². The fraction of sp³-hybridized carbons (Fsp3) is 0.571. The summed E-state index contributed by atoms with van der Waals surface area (Å²) in [5, 5.41) is 3.61. The Balaban J connectivity index is 1.82. The number of benzene rings is 1. The van der Waals surface area contributed by atoms with Crippen molar-refractivity contribution in [2.24, 2.45) is 0 Å². The van der Waals surface area contributed by atoms with Crippen LogP contribution in [0.1, 0.15) is 18.4 Å². The summed E-state index contributed by atoms with van der Waals surface area (Å²) in [6, 6.07) is 9.03. The van der Waals surface area contributed by atoms with Crippen molar-refractivity contribution >= 4 is 0 Å². The average molecular weight is 233 g/mol. The van der Waals surface area contributed by atoms with Gasteiger partial charge in [0.05, 0.1) is 25.7 Å². The van der Waals surface area contributed by atoms with Crippen LogP contribution in [0.2, 0.25) is 0 Å². The monoisotopic (exact) mass is 233 g/mol. The lowest BCUT2D eigenvalue weighted by atomic mass is 9.78. The van der Waals surface area contributed by atoms with Crippen LogP contribution in [0, 0.1) is 0 Å². The van der Waals surface area contributed by atoms with Crippen LogP contribution >= 0.6 is 0 Å². The third-order valence-corrected chi connectivity index (χ3v) is 3.74. The maximum Gasteiger partial charge on any atom is 0.122 e. The molecular formula is C14H19NO2. The van der Waals surface area contributed by atoms with Crippen molar-refractivity contribution in [2.75, 3.05) is 26.9 Å². The first-order chi connectivity index (χ1) is 8.34. The number of nitrogens with one attached hydrogen (secondary N) is 1. The van der Waals surface area contributed by atoms with E-state index in [1.54, 1.807) is 7.11 Å². The lowest BCUT2D eigenvalue weighted by Gasteiger charge is -2.42. The Kier molecular flexibility index (Phi) is 2.81. The normalized spacial score (nSPS) is 21.9. The number of hydrogen-bond donors (Lipinski definition) is 1. The summed E-state index contributed by atoms with van der Waals surface area (Å²) in [4.78, 5) is 0. The van der Waals surface area contributed by atoms with E-state index >= 15 is 0 Å². The molecule has 1 aromatic carbocycles. The molecule has 3 nitrogen and oxygen atoms in total. The molecule has 1 saturated carbocycles. The molecule has 0 spiro atoms. The van der Waals surface area contributed by atoms with E-state index in [2.05, 4.69) is 17.4 Å². The van der Waals surface area contributed by atoms with Crippen molar-refractivity contribution in [3.8, 4) is 5.75 Å². The molecule has 0 atom stereocenters. The Morgan fingerprint density at radius 3 is 2.71 bits per heavy atom. The van der Waals surface area contributed by atoms with Gasteiger partial charge in [0.1, 0.15) is 5.75 Å². The molecule has 1 heterocycles. The van der Waals surface area contributed by atoms with E-state index in [1.165, 1.54) is 18.4 Å². The molecule has 0 amide bonds. The summed E-state index contributed by atoms with van der Waals surface area (Å²) in [7, 11) is 1.74. The van der Waals surface area contributed by atoms with Gasteiger partial charge in [-0.2, -0.15) is 0 Å². The Bertz CT molecular complexity index is 397. The molecule has 0 unspecified atom stereocenters. The SMILES string of the molecule is COc1ccccc1C1(CNC2CC2)COC1. The van der Waals surface area contributed by atoms with E-state index in [0.717, 1.165) is 31.5 Å². The minimum atomic E-state index is 0.120. The van der Waals surface area contributed by atoms with Crippen LogP contribution in [0.5, 0.6) is 5.75 Å². The lowest BCUT2D eigenvalue weighted by Crippen LogP contribution is -2.54. The smallest absolute Gasteiger partial charge is 0.122 e. The summed E-state index contributed by atoms with van der Waals surface area (Å²) >= 11 is 0. The van der Waals surface area contributed by atoms with E-state index in [9.17, 15) is 0 Å². The highest BCUT2D eigenvalue weighted by Crippen LogP contribution is 2.38. The van der Waals surface area contributed by atoms with Crippen LogP contribution in [0.3, 0.4) is 0 Å². The Labute approximate surface area is 102 Å². The van der Waals surface area contributed by atoms with Crippen molar-refractivity contribution in [1.82, 2.24) is 5.32 Å². The van der Waals surface area contributed by atoms with Gasteiger partial charge in [-0.3, -0.25) is 0 Å². The van der Waals surface area contributed by atoms with Crippen molar-refractivity contribution in [2.45, 2.75) is 24.3 Å². The summed E-state index contributed by atoms with van der Waals surface area (Å²) < 4.78 is 10.9. The zero-order chi connectivity index (χ0) is 11.7. The second-order valence-electron chi connectivity index (χ2n) is 5.13. The molecule has 1 aromatic rings. The molecule has 1 aliphatic carbocycles. The number of ether oxygens (including phenoxy) is 2. The second kappa shape index (κ2) is 4.31. The Morgan fingerprint density at radius 1 is 1.35 bits per heavy atom. The quantitative estimate of drug-likeness (QED) is 0.840. The van der Waals surface area contributed by atoms with E-state index in [1.807, 2.05) is 12.1 Å². The predicted octanol–water partition coefficient (Wildman–Crippen LogP) is 1.72. The van der Waals surface area contributed by atoms with Gasteiger partial charge < -0.3 is 14.8 Å². The van der Waals surface area contributed by atoms with Gasteiger partial charge >= 0.3 is 0 Å². The van der Waals surface area contributed by atoms with E-state index in [0.29, 0.717) is 0 Å².